The van der Waals surface area contributed by atoms with Crippen molar-refractivity contribution in [2.45, 2.75) is 30.0 Å². The van der Waals surface area contributed by atoms with E-state index in [9.17, 15) is 21.6 Å². The van der Waals surface area contributed by atoms with Crippen molar-refractivity contribution in [3.8, 4) is 0 Å². The highest BCUT2D eigenvalue weighted by Gasteiger charge is 2.39. The van der Waals surface area contributed by atoms with Crippen LogP contribution in [0.3, 0.4) is 0 Å². The summed E-state index contributed by atoms with van der Waals surface area (Å²) in [5.74, 6) is 0.0893. The number of rotatable bonds is 5. The first-order chi connectivity index (χ1) is 9.65. The van der Waals surface area contributed by atoms with Gasteiger partial charge >= 0.3 is 6.18 Å². The number of benzene rings is 1. The van der Waals surface area contributed by atoms with Crippen LogP contribution in [0.25, 0.3) is 0 Å². The zero-order valence-electron chi connectivity index (χ0n) is 11.2. The topological polar surface area (TPSA) is 72.2 Å². The van der Waals surface area contributed by atoms with Gasteiger partial charge in [-0.25, -0.2) is 13.1 Å². The molecule has 0 aromatic heterocycles. The second kappa shape index (κ2) is 6.92. The van der Waals surface area contributed by atoms with E-state index in [-0.39, 0.29) is 29.9 Å². The molecule has 4 nitrogen and oxygen atoms in total. The number of nitrogens with two attached hydrogens (primary N) is 1. The fourth-order valence-electron chi connectivity index (χ4n) is 2.06. The molecule has 1 aliphatic rings. The molecule has 1 saturated carbocycles. The zero-order valence-corrected chi connectivity index (χ0v) is 13.6. The van der Waals surface area contributed by atoms with Crippen molar-refractivity contribution in [2.75, 3.05) is 6.54 Å². The van der Waals surface area contributed by atoms with Crippen molar-refractivity contribution < 1.29 is 21.6 Å². The molecule has 10 heteroatoms. The van der Waals surface area contributed by atoms with Gasteiger partial charge in [0.25, 0.3) is 0 Å². The third kappa shape index (κ3) is 4.48. The van der Waals surface area contributed by atoms with Crippen LogP contribution in [0.5, 0.6) is 0 Å². The first kappa shape index (κ1) is 19.5. The van der Waals surface area contributed by atoms with Crippen LogP contribution in [0.15, 0.2) is 23.1 Å². The molecule has 1 fully saturated rings. The molecule has 0 radical (unpaired) electrons. The molecule has 0 spiro atoms. The van der Waals surface area contributed by atoms with E-state index < -0.39 is 32.7 Å². The molecule has 0 bridgehead atoms. The van der Waals surface area contributed by atoms with Crippen LogP contribution >= 0.6 is 24.0 Å². The lowest BCUT2D eigenvalue weighted by molar-refractivity contribution is -0.139. The molecule has 1 atom stereocenters. The highest BCUT2D eigenvalue weighted by atomic mass is 35.5. The van der Waals surface area contributed by atoms with Crippen molar-refractivity contribution in [3.05, 3.63) is 28.8 Å². The number of hydrogen-bond acceptors (Lipinski definition) is 3. The lowest BCUT2D eigenvalue weighted by Gasteiger charge is -2.19. The Labute approximate surface area is 137 Å². The van der Waals surface area contributed by atoms with Gasteiger partial charge in [-0.1, -0.05) is 11.6 Å². The number of hydrogen-bond donors (Lipinski definition) is 2. The van der Waals surface area contributed by atoms with Crippen LogP contribution in [-0.4, -0.2) is 21.0 Å². The molecule has 0 amide bonds. The molecule has 1 aromatic rings. The molecule has 0 saturated heterocycles. The van der Waals surface area contributed by atoms with E-state index in [2.05, 4.69) is 4.72 Å². The Morgan fingerprint density at radius 1 is 1.36 bits per heavy atom. The molecule has 2 rings (SSSR count). The zero-order chi connectivity index (χ0) is 15.8. The summed E-state index contributed by atoms with van der Waals surface area (Å²) < 4.78 is 65.6. The Hall–Kier alpha value is -0.540. The van der Waals surface area contributed by atoms with E-state index in [1.54, 1.807) is 0 Å². The normalized spacial score (nSPS) is 17.0. The molecule has 1 aromatic carbocycles. The summed E-state index contributed by atoms with van der Waals surface area (Å²) in [5, 5.41) is -0.182. The predicted molar refractivity (Wildman–Crippen MR) is 79.6 cm³/mol. The summed E-state index contributed by atoms with van der Waals surface area (Å²) >= 11 is 5.53. The molecular weight excluding hydrogens is 364 g/mol. The lowest BCUT2D eigenvalue weighted by atomic mass is 10.2. The number of halogens is 5. The summed E-state index contributed by atoms with van der Waals surface area (Å²) in [5.41, 5.74) is 4.19. The second-order valence-electron chi connectivity index (χ2n) is 4.94. The summed E-state index contributed by atoms with van der Waals surface area (Å²) in [6.45, 7) is 0.0405. The molecule has 22 heavy (non-hydrogen) atoms. The van der Waals surface area contributed by atoms with E-state index in [0.717, 1.165) is 25.0 Å². The van der Waals surface area contributed by atoms with Crippen LogP contribution in [-0.2, 0) is 16.2 Å². The lowest BCUT2D eigenvalue weighted by Crippen LogP contribution is -2.42. The second-order valence-corrected chi connectivity index (χ2v) is 7.06. The maximum atomic E-state index is 13.0. The first-order valence-corrected chi connectivity index (χ1v) is 8.10. The largest absolute Gasteiger partial charge is 0.417 e. The first-order valence-electron chi connectivity index (χ1n) is 6.24. The van der Waals surface area contributed by atoms with E-state index in [1.165, 1.54) is 0 Å². The average Bonchev–Trinajstić information content (AvgIpc) is 3.18. The third-order valence-electron chi connectivity index (χ3n) is 3.29. The minimum absolute atomic E-state index is 0. The quantitative estimate of drug-likeness (QED) is 0.827. The van der Waals surface area contributed by atoms with Crippen molar-refractivity contribution in [1.29, 1.82) is 0 Å². The van der Waals surface area contributed by atoms with Gasteiger partial charge in [-0.05, 0) is 37.0 Å². The highest BCUT2D eigenvalue weighted by molar-refractivity contribution is 7.89. The average molecular weight is 379 g/mol. The van der Waals surface area contributed by atoms with Gasteiger partial charge < -0.3 is 5.73 Å². The maximum Gasteiger partial charge on any atom is 0.417 e. The van der Waals surface area contributed by atoms with Crippen molar-refractivity contribution in [1.82, 2.24) is 4.72 Å². The van der Waals surface area contributed by atoms with Gasteiger partial charge in [-0.15, -0.1) is 12.4 Å². The number of nitrogens with one attached hydrogen (secondary N) is 1. The SMILES string of the molecule is Cl.NCC(NS(=O)(=O)c1ccc(Cl)cc1C(F)(F)F)C1CC1. The van der Waals surface area contributed by atoms with Gasteiger partial charge in [0.05, 0.1) is 10.5 Å². The molecule has 1 aliphatic carbocycles. The maximum absolute atomic E-state index is 13.0. The molecule has 1 unspecified atom stereocenters. The standard InChI is InChI=1S/C12H14ClF3N2O2S.ClH/c13-8-3-4-11(9(5-8)12(14,15)16)21(19,20)18-10(6-17)7-1-2-7;/h3-5,7,10,18H,1-2,6,17H2;1H. The van der Waals surface area contributed by atoms with Crippen LogP contribution in [0.2, 0.25) is 5.02 Å². The Bertz CT molecular complexity index is 634. The molecule has 0 heterocycles. The Kier molecular flexibility index (Phi) is 6.14. The van der Waals surface area contributed by atoms with Crippen LogP contribution in [0.4, 0.5) is 13.2 Å². The van der Waals surface area contributed by atoms with Crippen molar-refractivity contribution in [3.63, 3.8) is 0 Å². The monoisotopic (exact) mass is 378 g/mol. The van der Waals surface area contributed by atoms with Gasteiger partial charge in [-0.2, -0.15) is 13.2 Å². The predicted octanol–water partition coefficient (Wildman–Crippen LogP) is 2.80. The number of sulfonamides is 1. The van der Waals surface area contributed by atoms with Gasteiger partial charge in [0, 0.05) is 17.6 Å². The minimum atomic E-state index is -4.81. The van der Waals surface area contributed by atoms with Crippen LogP contribution in [0, 0.1) is 5.92 Å². The highest BCUT2D eigenvalue weighted by Crippen LogP contribution is 2.37. The van der Waals surface area contributed by atoms with Crippen LogP contribution < -0.4 is 10.5 Å². The fourth-order valence-corrected chi connectivity index (χ4v) is 3.75. The van der Waals surface area contributed by atoms with E-state index in [0.29, 0.717) is 6.07 Å². The Morgan fingerprint density at radius 2 is 1.95 bits per heavy atom. The van der Waals surface area contributed by atoms with E-state index in [4.69, 9.17) is 17.3 Å². The smallest absolute Gasteiger partial charge is 0.329 e. The number of alkyl halides is 3. The third-order valence-corrected chi connectivity index (χ3v) is 5.07. The van der Waals surface area contributed by atoms with E-state index in [1.807, 2.05) is 0 Å². The van der Waals surface area contributed by atoms with Gasteiger partial charge in [0.15, 0.2) is 0 Å². The van der Waals surface area contributed by atoms with Gasteiger partial charge in [0.2, 0.25) is 10.0 Å². The van der Waals surface area contributed by atoms with Crippen LogP contribution in [0.1, 0.15) is 18.4 Å². The summed E-state index contributed by atoms with van der Waals surface area (Å²) in [4.78, 5) is -0.835. The Morgan fingerprint density at radius 3 is 2.41 bits per heavy atom. The summed E-state index contributed by atoms with van der Waals surface area (Å²) in [6, 6.07) is 2.02. The molecule has 3 N–H and O–H groups in total. The molecule has 126 valence electrons. The van der Waals surface area contributed by atoms with Crippen molar-refractivity contribution in [2.24, 2.45) is 11.7 Å². The van der Waals surface area contributed by atoms with Gasteiger partial charge in [-0.3, -0.25) is 0 Å². The fraction of sp³-hybridized carbons (Fsp3) is 0.500. The Balaban J connectivity index is 0.00000242. The van der Waals surface area contributed by atoms with Crippen molar-refractivity contribution >= 4 is 34.0 Å². The van der Waals surface area contributed by atoms with Gasteiger partial charge in [0.1, 0.15) is 0 Å². The summed E-state index contributed by atoms with van der Waals surface area (Å²) in [6.07, 6.45) is -3.18. The summed E-state index contributed by atoms with van der Waals surface area (Å²) in [7, 11) is -4.32. The molecule has 0 aliphatic heterocycles. The minimum Gasteiger partial charge on any atom is -0.329 e. The van der Waals surface area contributed by atoms with E-state index >= 15 is 0 Å². The molecular formula is C12H15Cl2F3N2O2S.